The number of carbonyl (C=O) groups is 1. The fourth-order valence-corrected chi connectivity index (χ4v) is 1.27. The van der Waals surface area contributed by atoms with Crippen LogP contribution in [0.4, 0.5) is 0 Å². The van der Waals surface area contributed by atoms with E-state index in [9.17, 15) is 4.79 Å². The molecule has 0 rings (SSSR count). The lowest BCUT2D eigenvalue weighted by Gasteiger charge is -2.04. The number of carbonyl (C=O) groups excluding carboxylic acids is 1. The molecule has 1 amide bonds. The van der Waals surface area contributed by atoms with Gasteiger partial charge in [-0.25, -0.2) is 0 Å². The molecule has 0 aromatic rings. The van der Waals surface area contributed by atoms with E-state index in [0.717, 1.165) is 18.2 Å². The Morgan fingerprint density at radius 1 is 1.46 bits per heavy atom. The van der Waals surface area contributed by atoms with Gasteiger partial charge in [0, 0.05) is 24.9 Å². The van der Waals surface area contributed by atoms with Crippen LogP contribution in [0.3, 0.4) is 0 Å². The summed E-state index contributed by atoms with van der Waals surface area (Å²) in [5.41, 5.74) is 0. The first-order chi connectivity index (χ1) is 6.31. The standard InChI is InChI=1S/C9H18BrNO2/c1-2-13-8-7-11-9(12)5-3-4-6-10/h2-8H2,1H3,(H,11,12). The molecule has 4 heteroatoms. The molecule has 0 aromatic carbocycles. The van der Waals surface area contributed by atoms with Crippen LogP contribution in [0.2, 0.25) is 0 Å². The van der Waals surface area contributed by atoms with E-state index in [2.05, 4.69) is 21.2 Å². The summed E-state index contributed by atoms with van der Waals surface area (Å²) in [6, 6.07) is 0. The number of hydrogen-bond acceptors (Lipinski definition) is 2. The number of hydrogen-bond donors (Lipinski definition) is 1. The summed E-state index contributed by atoms with van der Waals surface area (Å²) in [5, 5.41) is 3.77. The van der Waals surface area contributed by atoms with Crippen LogP contribution < -0.4 is 5.32 Å². The van der Waals surface area contributed by atoms with Crippen LogP contribution in [0.1, 0.15) is 26.2 Å². The van der Waals surface area contributed by atoms with Gasteiger partial charge < -0.3 is 10.1 Å². The first-order valence-corrected chi connectivity index (χ1v) is 5.83. The molecule has 0 radical (unpaired) electrons. The predicted molar refractivity (Wildman–Crippen MR) is 57.1 cm³/mol. The molecule has 13 heavy (non-hydrogen) atoms. The van der Waals surface area contributed by atoms with Gasteiger partial charge >= 0.3 is 0 Å². The average Bonchev–Trinajstić information content (AvgIpc) is 2.13. The smallest absolute Gasteiger partial charge is 0.220 e. The minimum atomic E-state index is 0.126. The molecule has 0 aliphatic heterocycles. The van der Waals surface area contributed by atoms with Crippen LogP contribution in [-0.2, 0) is 9.53 Å². The zero-order chi connectivity index (χ0) is 9.94. The van der Waals surface area contributed by atoms with Gasteiger partial charge in [0.15, 0.2) is 0 Å². The van der Waals surface area contributed by atoms with Crippen molar-refractivity contribution in [2.24, 2.45) is 0 Å². The number of alkyl halides is 1. The van der Waals surface area contributed by atoms with Gasteiger partial charge in [-0.05, 0) is 19.8 Å². The number of halogens is 1. The molecule has 0 fully saturated rings. The van der Waals surface area contributed by atoms with Gasteiger partial charge in [0.25, 0.3) is 0 Å². The predicted octanol–water partition coefficient (Wildman–Crippen LogP) is 1.70. The Hall–Kier alpha value is -0.0900. The first kappa shape index (κ1) is 12.9. The lowest BCUT2D eigenvalue weighted by molar-refractivity contribution is -0.121. The molecule has 0 aliphatic rings. The van der Waals surface area contributed by atoms with E-state index in [1.807, 2.05) is 6.92 Å². The highest BCUT2D eigenvalue weighted by atomic mass is 79.9. The Bertz CT molecular complexity index is 131. The third-order valence-corrected chi connectivity index (χ3v) is 2.12. The molecule has 0 atom stereocenters. The monoisotopic (exact) mass is 251 g/mol. The summed E-state index contributed by atoms with van der Waals surface area (Å²) in [6.45, 7) is 3.89. The fraction of sp³-hybridized carbons (Fsp3) is 0.889. The third-order valence-electron chi connectivity index (χ3n) is 1.56. The van der Waals surface area contributed by atoms with Gasteiger partial charge in [-0.3, -0.25) is 4.79 Å². The molecule has 0 heterocycles. The summed E-state index contributed by atoms with van der Waals surface area (Å²) in [5.74, 6) is 0.126. The van der Waals surface area contributed by atoms with Crippen molar-refractivity contribution in [3.8, 4) is 0 Å². The topological polar surface area (TPSA) is 38.3 Å². The minimum absolute atomic E-state index is 0.126. The Balaban J connectivity index is 3.11. The minimum Gasteiger partial charge on any atom is -0.380 e. The van der Waals surface area contributed by atoms with Crippen molar-refractivity contribution in [1.29, 1.82) is 0 Å². The molecular weight excluding hydrogens is 234 g/mol. The second kappa shape index (κ2) is 9.99. The number of nitrogens with one attached hydrogen (secondary N) is 1. The van der Waals surface area contributed by atoms with E-state index in [1.54, 1.807) is 0 Å². The third kappa shape index (κ3) is 9.83. The molecule has 0 bridgehead atoms. The van der Waals surface area contributed by atoms with Gasteiger partial charge in [0.1, 0.15) is 0 Å². The lowest BCUT2D eigenvalue weighted by atomic mass is 10.2. The second-order valence-corrected chi connectivity index (χ2v) is 3.49. The molecule has 0 aromatic heterocycles. The van der Waals surface area contributed by atoms with Crippen molar-refractivity contribution >= 4 is 21.8 Å². The van der Waals surface area contributed by atoms with E-state index in [-0.39, 0.29) is 5.91 Å². The Morgan fingerprint density at radius 2 is 2.23 bits per heavy atom. The van der Waals surface area contributed by atoms with Crippen molar-refractivity contribution in [3.05, 3.63) is 0 Å². The SMILES string of the molecule is CCOCCNC(=O)CCCCBr. The van der Waals surface area contributed by atoms with Crippen LogP contribution in [0.25, 0.3) is 0 Å². The van der Waals surface area contributed by atoms with E-state index in [0.29, 0.717) is 26.2 Å². The number of unbranched alkanes of at least 4 members (excludes halogenated alkanes) is 1. The number of amides is 1. The molecule has 0 spiro atoms. The van der Waals surface area contributed by atoms with Gasteiger partial charge in [-0.2, -0.15) is 0 Å². The van der Waals surface area contributed by atoms with Crippen molar-refractivity contribution in [3.63, 3.8) is 0 Å². The maximum Gasteiger partial charge on any atom is 0.220 e. The summed E-state index contributed by atoms with van der Waals surface area (Å²) in [4.78, 5) is 11.1. The maximum absolute atomic E-state index is 11.1. The van der Waals surface area contributed by atoms with Gasteiger partial charge in [0.05, 0.1) is 6.61 Å². The number of ether oxygens (including phenoxy) is 1. The van der Waals surface area contributed by atoms with E-state index < -0.39 is 0 Å². The molecule has 3 nitrogen and oxygen atoms in total. The van der Waals surface area contributed by atoms with Crippen molar-refractivity contribution in [1.82, 2.24) is 5.32 Å². The second-order valence-electron chi connectivity index (χ2n) is 2.69. The highest BCUT2D eigenvalue weighted by Gasteiger charge is 1.98. The summed E-state index contributed by atoms with van der Waals surface area (Å²) < 4.78 is 5.09. The summed E-state index contributed by atoms with van der Waals surface area (Å²) >= 11 is 3.32. The van der Waals surface area contributed by atoms with Crippen molar-refractivity contribution < 1.29 is 9.53 Å². The lowest BCUT2D eigenvalue weighted by Crippen LogP contribution is -2.26. The molecule has 78 valence electrons. The van der Waals surface area contributed by atoms with E-state index in [1.165, 1.54) is 0 Å². The summed E-state index contributed by atoms with van der Waals surface area (Å²) in [7, 11) is 0. The van der Waals surface area contributed by atoms with Crippen LogP contribution >= 0.6 is 15.9 Å². The Kier molecular flexibility index (Phi) is 9.92. The quantitative estimate of drug-likeness (QED) is 0.527. The Morgan fingerprint density at radius 3 is 2.85 bits per heavy atom. The largest absolute Gasteiger partial charge is 0.380 e. The summed E-state index contributed by atoms with van der Waals surface area (Å²) in [6.07, 6.45) is 2.63. The van der Waals surface area contributed by atoms with Crippen LogP contribution in [0.5, 0.6) is 0 Å². The van der Waals surface area contributed by atoms with E-state index >= 15 is 0 Å². The molecule has 1 N–H and O–H groups in total. The maximum atomic E-state index is 11.1. The first-order valence-electron chi connectivity index (χ1n) is 4.71. The number of rotatable bonds is 8. The zero-order valence-corrected chi connectivity index (χ0v) is 9.73. The van der Waals surface area contributed by atoms with Crippen LogP contribution in [0.15, 0.2) is 0 Å². The van der Waals surface area contributed by atoms with Crippen molar-refractivity contribution in [2.45, 2.75) is 26.2 Å². The highest BCUT2D eigenvalue weighted by Crippen LogP contribution is 1.97. The van der Waals surface area contributed by atoms with Crippen LogP contribution in [-0.4, -0.2) is 31.0 Å². The van der Waals surface area contributed by atoms with Crippen LogP contribution in [0, 0.1) is 0 Å². The zero-order valence-electron chi connectivity index (χ0n) is 8.14. The normalized spacial score (nSPS) is 10.0. The Labute approximate surface area is 88.4 Å². The van der Waals surface area contributed by atoms with Gasteiger partial charge in [0.2, 0.25) is 5.91 Å². The molecule has 0 unspecified atom stereocenters. The molecule has 0 aliphatic carbocycles. The van der Waals surface area contributed by atoms with Gasteiger partial charge in [-0.15, -0.1) is 0 Å². The van der Waals surface area contributed by atoms with Gasteiger partial charge in [-0.1, -0.05) is 15.9 Å². The fourth-order valence-electron chi connectivity index (χ4n) is 0.875. The molecule has 0 saturated carbocycles. The average molecular weight is 252 g/mol. The van der Waals surface area contributed by atoms with E-state index in [4.69, 9.17) is 4.74 Å². The molecule has 0 saturated heterocycles. The molecular formula is C9H18BrNO2. The van der Waals surface area contributed by atoms with Crippen molar-refractivity contribution in [2.75, 3.05) is 25.1 Å². The highest BCUT2D eigenvalue weighted by molar-refractivity contribution is 9.09.